The minimum absolute atomic E-state index is 0.0862. The Kier molecular flexibility index (Phi) is 6.29. The molecule has 0 saturated carbocycles. The van der Waals surface area contributed by atoms with E-state index in [-0.39, 0.29) is 11.8 Å². The van der Waals surface area contributed by atoms with Crippen LogP contribution >= 0.6 is 0 Å². The summed E-state index contributed by atoms with van der Waals surface area (Å²) in [5, 5.41) is 0. The number of amides is 1. The van der Waals surface area contributed by atoms with Crippen LogP contribution in [0.25, 0.3) is 0 Å². The van der Waals surface area contributed by atoms with Crippen LogP contribution in [0.2, 0.25) is 0 Å². The average Bonchev–Trinajstić information content (AvgIpc) is 2.68. The van der Waals surface area contributed by atoms with Crippen molar-refractivity contribution in [2.45, 2.75) is 25.9 Å². The van der Waals surface area contributed by atoms with Gasteiger partial charge in [-0.1, -0.05) is 42.5 Å². The fourth-order valence-corrected chi connectivity index (χ4v) is 3.68. The molecule has 1 saturated heterocycles. The van der Waals surface area contributed by atoms with Crippen molar-refractivity contribution in [2.75, 3.05) is 27.2 Å². The van der Waals surface area contributed by atoms with Gasteiger partial charge in [-0.3, -0.25) is 9.69 Å². The minimum atomic E-state index is 0.0862. The molecule has 1 amide bonds. The highest BCUT2D eigenvalue weighted by molar-refractivity contribution is 5.78. The number of ether oxygens (including phenoxy) is 1. The third-order valence-electron chi connectivity index (χ3n) is 5.03. The van der Waals surface area contributed by atoms with Crippen LogP contribution < -0.4 is 4.74 Å². The zero-order chi connectivity index (χ0) is 18.4. The predicted molar refractivity (Wildman–Crippen MR) is 104 cm³/mol. The number of hydrogen-bond acceptors (Lipinski definition) is 3. The Morgan fingerprint density at radius 3 is 2.69 bits per heavy atom. The van der Waals surface area contributed by atoms with Crippen molar-refractivity contribution in [1.29, 1.82) is 0 Å². The predicted octanol–water partition coefficient (Wildman–Crippen LogP) is 3.57. The topological polar surface area (TPSA) is 32.8 Å². The van der Waals surface area contributed by atoms with Crippen molar-refractivity contribution in [2.24, 2.45) is 5.92 Å². The van der Waals surface area contributed by atoms with Crippen molar-refractivity contribution in [1.82, 2.24) is 9.80 Å². The smallest absolute Gasteiger partial charge is 0.227 e. The molecule has 0 radical (unpaired) electrons. The van der Waals surface area contributed by atoms with Crippen LogP contribution in [0.4, 0.5) is 0 Å². The first-order valence-corrected chi connectivity index (χ1v) is 9.30. The molecule has 2 aromatic rings. The summed E-state index contributed by atoms with van der Waals surface area (Å²) in [5.41, 5.74) is 2.41. The van der Waals surface area contributed by atoms with E-state index in [1.165, 1.54) is 11.1 Å². The molecule has 2 aromatic carbocycles. The van der Waals surface area contributed by atoms with Crippen LogP contribution in [0.5, 0.6) is 5.75 Å². The summed E-state index contributed by atoms with van der Waals surface area (Å²) in [6.07, 6.45) is 2.05. The van der Waals surface area contributed by atoms with Gasteiger partial charge in [-0.25, -0.2) is 0 Å². The molecule has 4 heteroatoms. The monoisotopic (exact) mass is 352 g/mol. The second-order valence-corrected chi connectivity index (χ2v) is 7.11. The Morgan fingerprint density at radius 1 is 1.15 bits per heavy atom. The molecule has 0 N–H and O–H groups in total. The molecule has 1 fully saturated rings. The number of piperidine rings is 1. The van der Waals surface area contributed by atoms with Gasteiger partial charge in [0.1, 0.15) is 5.75 Å². The van der Waals surface area contributed by atoms with E-state index < -0.39 is 0 Å². The van der Waals surface area contributed by atoms with Crippen molar-refractivity contribution in [3.8, 4) is 5.75 Å². The first-order chi connectivity index (χ1) is 12.7. The molecule has 138 valence electrons. The standard InChI is InChI=1S/C22H28N2O2/c1-23(15-18-8-4-3-5-9-18)22(25)20-11-7-13-24(17-20)16-19-10-6-12-21(14-19)26-2/h3-6,8-10,12,14,20H,7,11,13,15-17H2,1-2H3/t20-/m0/s1. The van der Waals surface area contributed by atoms with Crippen LogP contribution in [0.15, 0.2) is 54.6 Å². The van der Waals surface area contributed by atoms with E-state index in [0.29, 0.717) is 6.54 Å². The molecular weight excluding hydrogens is 324 g/mol. The van der Waals surface area contributed by atoms with Gasteiger partial charge in [-0.15, -0.1) is 0 Å². The number of carbonyl (C=O) groups is 1. The molecular formula is C22H28N2O2. The molecule has 1 atom stereocenters. The fourth-order valence-electron chi connectivity index (χ4n) is 3.68. The van der Waals surface area contributed by atoms with E-state index in [0.717, 1.165) is 38.2 Å². The van der Waals surface area contributed by atoms with Crippen molar-refractivity contribution < 1.29 is 9.53 Å². The maximum Gasteiger partial charge on any atom is 0.227 e. The van der Waals surface area contributed by atoms with Gasteiger partial charge in [0.25, 0.3) is 0 Å². The zero-order valence-corrected chi connectivity index (χ0v) is 15.7. The molecule has 0 bridgehead atoms. The van der Waals surface area contributed by atoms with Crippen LogP contribution in [-0.2, 0) is 17.9 Å². The highest BCUT2D eigenvalue weighted by Crippen LogP contribution is 2.22. The van der Waals surface area contributed by atoms with Gasteiger partial charge >= 0.3 is 0 Å². The van der Waals surface area contributed by atoms with Crippen LogP contribution in [0.3, 0.4) is 0 Å². The van der Waals surface area contributed by atoms with Crippen molar-refractivity contribution >= 4 is 5.91 Å². The maximum atomic E-state index is 12.9. The molecule has 1 aliphatic heterocycles. The van der Waals surface area contributed by atoms with Crippen molar-refractivity contribution in [3.05, 3.63) is 65.7 Å². The quantitative estimate of drug-likeness (QED) is 0.797. The number of benzene rings is 2. The second kappa shape index (κ2) is 8.86. The van der Waals surface area contributed by atoms with Gasteiger partial charge in [-0.05, 0) is 42.6 Å². The van der Waals surface area contributed by atoms with E-state index >= 15 is 0 Å². The van der Waals surface area contributed by atoms with E-state index in [1.807, 2.05) is 42.3 Å². The van der Waals surface area contributed by atoms with Gasteiger partial charge in [0, 0.05) is 26.7 Å². The second-order valence-electron chi connectivity index (χ2n) is 7.11. The lowest BCUT2D eigenvalue weighted by molar-refractivity contribution is -0.136. The summed E-state index contributed by atoms with van der Waals surface area (Å²) in [5.74, 6) is 1.22. The van der Waals surface area contributed by atoms with Crippen LogP contribution in [0, 0.1) is 5.92 Å². The van der Waals surface area contributed by atoms with Crippen LogP contribution in [-0.4, -0.2) is 43.0 Å². The molecule has 0 aliphatic carbocycles. The van der Waals surface area contributed by atoms with Gasteiger partial charge in [0.05, 0.1) is 13.0 Å². The lowest BCUT2D eigenvalue weighted by atomic mass is 9.96. The highest BCUT2D eigenvalue weighted by atomic mass is 16.5. The van der Waals surface area contributed by atoms with Gasteiger partial charge < -0.3 is 9.64 Å². The third-order valence-corrected chi connectivity index (χ3v) is 5.03. The molecule has 0 unspecified atom stereocenters. The molecule has 1 heterocycles. The average molecular weight is 352 g/mol. The first-order valence-electron chi connectivity index (χ1n) is 9.30. The zero-order valence-electron chi connectivity index (χ0n) is 15.7. The Morgan fingerprint density at radius 2 is 1.92 bits per heavy atom. The fraction of sp³-hybridized carbons (Fsp3) is 0.409. The Hall–Kier alpha value is -2.33. The van der Waals surface area contributed by atoms with E-state index in [9.17, 15) is 4.79 Å². The van der Waals surface area contributed by atoms with Crippen LogP contribution in [0.1, 0.15) is 24.0 Å². The molecule has 26 heavy (non-hydrogen) atoms. The van der Waals surface area contributed by atoms with E-state index in [1.54, 1.807) is 7.11 Å². The third kappa shape index (κ3) is 4.85. The largest absolute Gasteiger partial charge is 0.497 e. The normalized spacial score (nSPS) is 17.7. The number of nitrogens with zero attached hydrogens (tertiary/aromatic N) is 2. The van der Waals surface area contributed by atoms with E-state index in [4.69, 9.17) is 4.74 Å². The number of methoxy groups -OCH3 is 1. The van der Waals surface area contributed by atoms with Gasteiger partial charge in [-0.2, -0.15) is 0 Å². The highest BCUT2D eigenvalue weighted by Gasteiger charge is 2.28. The molecule has 3 rings (SSSR count). The molecule has 1 aliphatic rings. The first kappa shape index (κ1) is 18.5. The SMILES string of the molecule is COc1cccc(CN2CCC[C@H](C(=O)N(C)Cc3ccccc3)C2)c1. The summed E-state index contributed by atoms with van der Waals surface area (Å²) < 4.78 is 5.31. The van der Waals surface area contributed by atoms with Crippen molar-refractivity contribution in [3.63, 3.8) is 0 Å². The van der Waals surface area contributed by atoms with E-state index in [2.05, 4.69) is 29.2 Å². The lowest BCUT2D eigenvalue weighted by Crippen LogP contribution is -2.43. The molecule has 0 spiro atoms. The summed E-state index contributed by atoms with van der Waals surface area (Å²) in [7, 11) is 3.60. The number of carbonyl (C=O) groups excluding carboxylic acids is 1. The maximum absolute atomic E-state index is 12.9. The minimum Gasteiger partial charge on any atom is -0.497 e. The number of hydrogen-bond donors (Lipinski definition) is 0. The Labute approximate surface area is 156 Å². The summed E-state index contributed by atoms with van der Waals surface area (Å²) >= 11 is 0. The summed E-state index contributed by atoms with van der Waals surface area (Å²) in [6, 6.07) is 18.4. The number of likely N-dealkylation sites (tertiary alicyclic amines) is 1. The summed E-state index contributed by atoms with van der Waals surface area (Å²) in [6.45, 7) is 3.41. The number of rotatable bonds is 6. The Bertz CT molecular complexity index is 717. The van der Waals surface area contributed by atoms with Gasteiger partial charge in [0.15, 0.2) is 0 Å². The molecule has 4 nitrogen and oxygen atoms in total. The summed E-state index contributed by atoms with van der Waals surface area (Å²) in [4.78, 5) is 17.1. The van der Waals surface area contributed by atoms with Gasteiger partial charge in [0.2, 0.25) is 5.91 Å². The lowest BCUT2D eigenvalue weighted by Gasteiger charge is -2.34. The Balaban J connectivity index is 1.57. The molecule has 0 aromatic heterocycles.